The van der Waals surface area contributed by atoms with E-state index in [1.54, 1.807) is 0 Å². The van der Waals surface area contributed by atoms with Crippen LogP contribution in [0.4, 0.5) is 0 Å². The van der Waals surface area contributed by atoms with Crippen LogP contribution in [0.1, 0.15) is 11.1 Å². The highest BCUT2D eigenvalue weighted by Gasteiger charge is 2.16. The van der Waals surface area contributed by atoms with E-state index in [2.05, 4.69) is 40.8 Å². The zero-order valence-electron chi connectivity index (χ0n) is 11.6. The van der Waals surface area contributed by atoms with Gasteiger partial charge in [-0.2, -0.15) is 0 Å². The topological polar surface area (TPSA) is 46.3 Å². The first kappa shape index (κ1) is 12.3. The second-order valence-corrected chi connectivity index (χ2v) is 5.11. The van der Waals surface area contributed by atoms with Crippen molar-refractivity contribution in [3.05, 3.63) is 59.8 Å². The van der Waals surface area contributed by atoms with Crippen LogP contribution in [0, 0.1) is 0 Å². The fourth-order valence-electron chi connectivity index (χ4n) is 2.74. The molecule has 0 aliphatic carbocycles. The van der Waals surface area contributed by atoms with Gasteiger partial charge in [0.05, 0.1) is 0 Å². The summed E-state index contributed by atoms with van der Waals surface area (Å²) in [5, 5.41) is 4.74. The molecular weight excluding hydrogens is 264 g/mol. The first-order valence-electron chi connectivity index (χ1n) is 7.05. The molecular formula is C17H16N2O2. The van der Waals surface area contributed by atoms with Gasteiger partial charge in [-0.15, -0.1) is 0 Å². The number of hydrogen-bond donors (Lipinski definition) is 2. The van der Waals surface area contributed by atoms with Crippen molar-refractivity contribution in [3.63, 3.8) is 0 Å². The fraction of sp³-hybridized carbons (Fsp3) is 0.176. The van der Waals surface area contributed by atoms with Crippen molar-refractivity contribution in [2.24, 2.45) is 0 Å². The predicted octanol–water partition coefficient (Wildman–Crippen LogP) is 3.19. The zero-order chi connectivity index (χ0) is 14.1. The second kappa shape index (κ2) is 5.14. The van der Waals surface area contributed by atoms with Crippen LogP contribution in [0.15, 0.2) is 48.7 Å². The lowest BCUT2D eigenvalue weighted by Crippen LogP contribution is -2.12. The highest BCUT2D eigenvalue weighted by atomic mass is 16.7. The molecule has 0 radical (unpaired) electrons. The summed E-state index contributed by atoms with van der Waals surface area (Å²) in [5.41, 5.74) is 3.58. The minimum absolute atomic E-state index is 0.314. The van der Waals surface area contributed by atoms with Gasteiger partial charge >= 0.3 is 0 Å². The number of benzene rings is 2. The standard InChI is InChI=1S/C17H16N2O2/c1-2-6-15-14(5-1)13(10-19-15)9-18-8-12-4-3-7-16-17(12)21-11-20-16/h1-7,10,18-19H,8-9,11H2. The van der Waals surface area contributed by atoms with Gasteiger partial charge in [-0.25, -0.2) is 0 Å². The van der Waals surface area contributed by atoms with E-state index >= 15 is 0 Å². The van der Waals surface area contributed by atoms with E-state index in [1.807, 2.05) is 18.2 Å². The largest absolute Gasteiger partial charge is 0.454 e. The number of para-hydroxylation sites is 2. The van der Waals surface area contributed by atoms with E-state index in [0.29, 0.717) is 6.79 Å². The van der Waals surface area contributed by atoms with Crippen molar-refractivity contribution in [2.75, 3.05) is 6.79 Å². The van der Waals surface area contributed by atoms with E-state index in [4.69, 9.17) is 9.47 Å². The minimum Gasteiger partial charge on any atom is -0.454 e. The summed E-state index contributed by atoms with van der Waals surface area (Å²) in [7, 11) is 0. The van der Waals surface area contributed by atoms with Gasteiger partial charge < -0.3 is 19.8 Å². The molecule has 0 saturated carbocycles. The zero-order valence-corrected chi connectivity index (χ0v) is 11.6. The van der Waals surface area contributed by atoms with Gasteiger partial charge in [0.25, 0.3) is 0 Å². The Balaban J connectivity index is 1.47. The van der Waals surface area contributed by atoms with Crippen molar-refractivity contribution in [3.8, 4) is 11.5 Å². The molecule has 0 unspecified atom stereocenters. The van der Waals surface area contributed by atoms with Crippen molar-refractivity contribution in [1.29, 1.82) is 0 Å². The molecule has 0 fully saturated rings. The average molecular weight is 280 g/mol. The molecule has 1 aromatic heterocycles. The summed E-state index contributed by atoms with van der Waals surface area (Å²) in [5.74, 6) is 1.70. The minimum atomic E-state index is 0.314. The Labute approximate surface area is 122 Å². The van der Waals surface area contributed by atoms with Crippen LogP contribution >= 0.6 is 0 Å². The molecule has 4 heteroatoms. The molecule has 0 saturated heterocycles. The molecule has 0 spiro atoms. The molecule has 0 bridgehead atoms. The van der Waals surface area contributed by atoms with Gasteiger partial charge in [-0.1, -0.05) is 30.3 Å². The van der Waals surface area contributed by atoms with E-state index in [-0.39, 0.29) is 0 Å². The van der Waals surface area contributed by atoms with Gasteiger partial charge in [-0.05, 0) is 17.7 Å². The predicted molar refractivity (Wildman–Crippen MR) is 81.4 cm³/mol. The first-order valence-corrected chi connectivity index (χ1v) is 7.05. The molecule has 4 nitrogen and oxygen atoms in total. The van der Waals surface area contributed by atoms with E-state index in [0.717, 1.165) is 30.2 Å². The Hall–Kier alpha value is -2.46. The molecule has 0 amide bonds. The number of nitrogens with one attached hydrogen (secondary N) is 2. The number of H-pyrrole nitrogens is 1. The third kappa shape index (κ3) is 2.23. The lowest BCUT2D eigenvalue weighted by Gasteiger charge is -2.07. The number of ether oxygens (including phenoxy) is 2. The smallest absolute Gasteiger partial charge is 0.231 e. The van der Waals surface area contributed by atoms with E-state index in [1.165, 1.54) is 16.5 Å². The van der Waals surface area contributed by atoms with Crippen LogP contribution in [-0.2, 0) is 13.1 Å². The second-order valence-electron chi connectivity index (χ2n) is 5.11. The summed E-state index contributed by atoms with van der Waals surface area (Å²) < 4.78 is 10.9. The summed E-state index contributed by atoms with van der Waals surface area (Å²) in [6.45, 7) is 1.88. The SMILES string of the molecule is c1cc(CNCc2c[nH]c3ccccc23)c2c(c1)OCO2. The summed E-state index contributed by atoms with van der Waals surface area (Å²) in [6, 6.07) is 14.3. The highest BCUT2D eigenvalue weighted by molar-refractivity contribution is 5.82. The Morgan fingerprint density at radius 3 is 2.86 bits per heavy atom. The van der Waals surface area contributed by atoms with Crippen LogP contribution < -0.4 is 14.8 Å². The van der Waals surface area contributed by atoms with Crippen LogP contribution in [0.5, 0.6) is 11.5 Å². The highest BCUT2D eigenvalue weighted by Crippen LogP contribution is 2.35. The Morgan fingerprint density at radius 1 is 0.952 bits per heavy atom. The molecule has 4 rings (SSSR count). The number of hydrogen-bond acceptors (Lipinski definition) is 3. The maximum absolute atomic E-state index is 5.52. The molecule has 2 aromatic carbocycles. The third-order valence-corrected chi connectivity index (χ3v) is 3.78. The molecule has 106 valence electrons. The average Bonchev–Trinajstić information content (AvgIpc) is 3.15. The van der Waals surface area contributed by atoms with Crippen LogP contribution in [0.25, 0.3) is 10.9 Å². The number of aromatic nitrogens is 1. The molecule has 3 aromatic rings. The van der Waals surface area contributed by atoms with Crippen LogP contribution in [0.2, 0.25) is 0 Å². The normalized spacial score (nSPS) is 13.0. The summed E-state index contributed by atoms with van der Waals surface area (Å²) >= 11 is 0. The van der Waals surface area contributed by atoms with Crippen molar-refractivity contribution >= 4 is 10.9 Å². The van der Waals surface area contributed by atoms with E-state index < -0.39 is 0 Å². The van der Waals surface area contributed by atoms with Crippen LogP contribution in [-0.4, -0.2) is 11.8 Å². The Kier molecular flexibility index (Phi) is 3.01. The van der Waals surface area contributed by atoms with Crippen molar-refractivity contribution in [2.45, 2.75) is 13.1 Å². The molecule has 0 atom stereocenters. The lowest BCUT2D eigenvalue weighted by molar-refractivity contribution is 0.173. The Bertz CT molecular complexity index is 779. The summed E-state index contributed by atoms with van der Waals surface area (Å²) in [6.07, 6.45) is 2.06. The fourth-order valence-corrected chi connectivity index (χ4v) is 2.74. The lowest BCUT2D eigenvalue weighted by atomic mass is 10.1. The quantitative estimate of drug-likeness (QED) is 0.771. The molecule has 2 N–H and O–H groups in total. The number of aromatic amines is 1. The van der Waals surface area contributed by atoms with Gasteiger partial charge in [0.2, 0.25) is 6.79 Å². The van der Waals surface area contributed by atoms with Gasteiger partial charge in [0.1, 0.15) is 0 Å². The van der Waals surface area contributed by atoms with Gasteiger partial charge in [0.15, 0.2) is 11.5 Å². The number of fused-ring (bicyclic) bond motifs is 2. The maximum Gasteiger partial charge on any atom is 0.231 e. The molecule has 21 heavy (non-hydrogen) atoms. The molecule has 1 aliphatic rings. The number of rotatable bonds is 4. The Morgan fingerprint density at radius 2 is 1.86 bits per heavy atom. The summed E-state index contributed by atoms with van der Waals surface area (Å²) in [4.78, 5) is 3.29. The third-order valence-electron chi connectivity index (χ3n) is 3.78. The van der Waals surface area contributed by atoms with Gasteiger partial charge in [0, 0.05) is 35.8 Å². The van der Waals surface area contributed by atoms with Crippen molar-refractivity contribution in [1.82, 2.24) is 10.3 Å². The monoisotopic (exact) mass is 280 g/mol. The van der Waals surface area contributed by atoms with Gasteiger partial charge in [-0.3, -0.25) is 0 Å². The van der Waals surface area contributed by atoms with Crippen molar-refractivity contribution < 1.29 is 9.47 Å². The van der Waals surface area contributed by atoms with E-state index in [9.17, 15) is 0 Å². The molecule has 2 heterocycles. The molecule has 1 aliphatic heterocycles. The maximum atomic E-state index is 5.52. The first-order chi connectivity index (χ1) is 10.4. The van der Waals surface area contributed by atoms with Crippen LogP contribution in [0.3, 0.4) is 0 Å².